The number of hydrogen-bond donors (Lipinski definition) is 2. The van der Waals surface area contributed by atoms with E-state index in [1.807, 2.05) is 12.1 Å². The molecule has 2 aromatic rings. The lowest BCUT2D eigenvalue weighted by atomic mass is 9.84. The van der Waals surface area contributed by atoms with Crippen LogP contribution in [0.4, 0.5) is 0 Å². The second-order valence-electron chi connectivity index (χ2n) is 4.12. The number of rotatable bonds is 0. The van der Waals surface area contributed by atoms with Gasteiger partial charge >= 0.3 is 0 Å². The summed E-state index contributed by atoms with van der Waals surface area (Å²) >= 11 is 0. The van der Waals surface area contributed by atoms with Crippen molar-refractivity contribution >= 4 is 5.78 Å². The van der Waals surface area contributed by atoms with Gasteiger partial charge in [0.05, 0.1) is 5.56 Å². The van der Waals surface area contributed by atoms with Gasteiger partial charge in [-0.3, -0.25) is 4.79 Å². The van der Waals surface area contributed by atoms with Crippen molar-refractivity contribution in [1.82, 2.24) is 0 Å². The number of carbonyl (C=O) groups is 1. The standard InChI is InChI=1S/C14H10O3/c15-11-5-6-12(16)13-10(11)7-8-3-1-2-4-9(8)14(13)17/h1-6,15-16H,7H2. The number of hydrogen-bond acceptors (Lipinski definition) is 3. The molecule has 3 rings (SSSR count). The highest BCUT2D eigenvalue weighted by molar-refractivity contribution is 6.14. The normalized spacial score (nSPS) is 13.1. The van der Waals surface area contributed by atoms with Crippen LogP contribution in [0.3, 0.4) is 0 Å². The van der Waals surface area contributed by atoms with E-state index in [2.05, 4.69) is 0 Å². The summed E-state index contributed by atoms with van der Waals surface area (Å²) in [6.07, 6.45) is 0.470. The molecule has 0 heterocycles. The van der Waals surface area contributed by atoms with Gasteiger partial charge < -0.3 is 10.2 Å². The summed E-state index contributed by atoms with van der Waals surface area (Å²) < 4.78 is 0. The molecule has 0 spiro atoms. The highest BCUT2D eigenvalue weighted by Gasteiger charge is 2.27. The van der Waals surface area contributed by atoms with Gasteiger partial charge in [-0.15, -0.1) is 0 Å². The fraction of sp³-hybridized carbons (Fsp3) is 0.0714. The van der Waals surface area contributed by atoms with Gasteiger partial charge in [0.2, 0.25) is 0 Å². The van der Waals surface area contributed by atoms with Crippen LogP contribution in [-0.2, 0) is 6.42 Å². The Bertz CT molecular complexity index is 629. The number of phenolic OH excluding ortho intramolecular Hbond substituents is 2. The lowest BCUT2D eigenvalue weighted by Crippen LogP contribution is -2.15. The van der Waals surface area contributed by atoms with E-state index in [1.54, 1.807) is 12.1 Å². The number of ketones is 1. The van der Waals surface area contributed by atoms with Crippen molar-refractivity contribution in [3.8, 4) is 11.5 Å². The van der Waals surface area contributed by atoms with Crippen LogP contribution >= 0.6 is 0 Å². The van der Waals surface area contributed by atoms with E-state index in [1.165, 1.54) is 12.1 Å². The predicted octanol–water partition coefficient (Wildman–Crippen LogP) is 2.23. The van der Waals surface area contributed by atoms with Crippen LogP contribution in [0.1, 0.15) is 27.0 Å². The van der Waals surface area contributed by atoms with Crippen molar-refractivity contribution in [2.24, 2.45) is 0 Å². The Balaban J connectivity index is 2.30. The molecule has 1 aliphatic carbocycles. The first-order chi connectivity index (χ1) is 8.18. The average Bonchev–Trinajstić information content (AvgIpc) is 2.34. The zero-order chi connectivity index (χ0) is 12.0. The van der Waals surface area contributed by atoms with Crippen molar-refractivity contribution in [1.29, 1.82) is 0 Å². The highest BCUT2D eigenvalue weighted by Crippen LogP contribution is 2.37. The van der Waals surface area contributed by atoms with Gasteiger partial charge in [-0.05, 0) is 17.7 Å². The van der Waals surface area contributed by atoms with E-state index < -0.39 is 0 Å². The summed E-state index contributed by atoms with van der Waals surface area (Å²) in [4.78, 5) is 12.2. The summed E-state index contributed by atoms with van der Waals surface area (Å²) in [7, 11) is 0. The third-order valence-corrected chi connectivity index (χ3v) is 3.12. The summed E-state index contributed by atoms with van der Waals surface area (Å²) in [6.45, 7) is 0. The molecule has 1 aliphatic rings. The SMILES string of the molecule is O=C1c2ccccc2Cc2c(O)ccc(O)c21. The second-order valence-corrected chi connectivity index (χ2v) is 4.12. The third-order valence-electron chi connectivity index (χ3n) is 3.12. The van der Waals surface area contributed by atoms with Crippen molar-refractivity contribution in [3.05, 3.63) is 58.7 Å². The van der Waals surface area contributed by atoms with Gasteiger partial charge in [-0.2, -0.15) is 0 Å². The molecule has 84 valence electrons. The molecule has 0 bridgehead atoms. The molecule has 2 N–H and O–H groups in total. The lowest BCUT2D eigenvalue weighted by Gasteiger charge is -2.19. The number of benzene rings is 2. The minimum Gasteiger partial charge on any atom is -0.508 e. The van der Waals surface area contributed by atoms with Crippen molar-refractivity contribution in [3.63, 3.8) is 0 Å². The number of carbonyl (C=O) groups excluding carboxylic acids is 1. The van der Waals surface area contributed by atoms with E-state index in [9.17, 15) is 15.0 Å². The maximum Gasteiger partial charge on any atom is 0.197 e. The predicted molar refractivity (Wildman–Crippen MR) is 62.5 cm³/mol. The molecule has 0 saturated heterocycles. The van der Waals surface area contributed by atoms with Crippen LogP contribution in [0, 0.1) is 0 Å². The third kappa shape index (κ3) is 1.32. The van der Waals surface area contributed by atoms with Crippen LogP contribution in [0.15, 0.2) is 36.4 Å². The second kappa shape index (κ2) is 3.35. The first kappa shape index (κ1) is 9.90. The van der Waals surface area contributed by atoms with Crippen LogP contribution in [-0.4, -0.2) is 16.0 Å². The van der Waals surface area contributed by atoms with Gasteiger partial charge in [0.15, 0.2) is 5.78 Å². The lowest BCUT2D eigenvalue weighted by molar-refractivity contribution is 0.103. The van der Waals surface area contributed by atoms with Gasteiger partial charge in [0, 0.05) is 17.5 Å². The van der Waals surface area contributed by atoms with Crippen LogP contribution in [0.5, 0.6) is 11.5 Å². The molecule has 17 heavy (non-hydrogen) atoms. The number of fused-ring (bicyclic) bond motifs is 2. The fourth-order valence-corrected chi connectivity index (χ4v) is 2.28. The van der Waals surface area contributed by atoms with Crippen LogP contribution in [0.2, 0.25) is 0 Å². The Hall–Kier alpha value is -2.29. The maximum absolute atomic E-state index is 12.2. The zero-order valence-electron chi connectivity index (χ0n) is 8.97. The largest absolute Gasteiger partial charge is 0.508 e. The average molecular weight is 226 g/mol. The molecule has 0 unspecified atom stereocenters. The van der Waals surface area contributed by atoms with Gasteiger partial charge in [-0.25, -0.2) is 0 Å². The molecule has 0 radical (unpaired) electrons. The first-order valence-corrected chi connectivity index (χ1v) is 5.35. The summed E-state index contributed by atoms with van der Waals surface area (Å²) in [5.41, 5.74) is 2.21. The maximum atomic E-state index is 12.2. The Morgan fingerprint density at radius 2 is 1.65 bits per heavy atom. The molecule has 2 aromatic carbocycles. The molecule has 3 nitrogen and oxygen atoms in total. The minimum absolute atomic E-state index is 0.0562. The monoisotopic (exact) mass is 226 g/mol. The molecule has 0 aromatic heterocycles. The fourth-order valence-electron chi connectivity index (χ4n) is 2.28. The smallest absolute Gasteiger partial charge is 0.197 e. The van der Waals surface area contributed by atoms with Crippen LogP contribution in [0.25, 0.3) is 0 Å². The Morgan fingerprint density at radius 1 is 0.941 bits per heavy atom. The quantitative estimate of drug-likeness (QED) is 0.578. The number of phenols is 2. The minimum atomic E-state index is -0.227. The molecule has 3 heteroatoms. The van der Waals surface area contributed by atoms with Crippen molar-refractivity contribution in [2.45, 2.75) is 6.42 Å². The summed E-state index contributed by atoms with van der Waals surface area (Å²) in [5.74, 6) is -0.242. The molecular weight excluding hydrogens is 216 g/mol. The van der Waals surface area contributed by atoms with Crippen molar-refractivity contribution in [2.75, 3.05) is 0 Å². The van der Waals surface area contributed by atoms with E-state index in [4.69, 9.17) is 0 Å². The topological polar surface area (TPSA) is 57.5 Å². The molecule has 0 aliphatic heterocycles. The Labute approximate surface area is 98.0 Å². The summed E-state index contributed by atoms with van der Waals surface area (Å²) in [5, 5.41) is 19.5. The van der Waals surface area contributed by atoms with E-state index in [-0.39, 0.29) is 22.8 Å². The Kier molecular flexibility index (Phi) is 1.95. The first-order valence-electron chi connectivity index (χ1n) is 5.35. The van der Waals surface area contributed by atoms with E-state index in [0.717, 1.165) is 5.56 Å². The van der Waals surface area contributed by atoms with Gasteiger partial charge in [0.25, 0.3) is 0 Å². The van der Waals surface area contributed by atoms with Gasteiger partial charge in [-0.1, -0.05) is 24.3 Å². The molecule has 0 atom stereocenters. The van der Waals surface area contributed by atoms with Crippen molar-refractivity contribution < 1.29 is 15.0 Å². The van der Waals surface area contributed by atoms with Crippen LogP contribution < -0.4 is 0 Å². The van der Waals surface area contributed by atoms with E-state index >= 15 is 0 Å². The summed E-state index contributed by atoms with van der Waals surface area (Å²) in [6, 6.07) is 10.0. The molecule has 0 amide bonds. The number of aromatic hydroxyl groups is 2. The molecule has 0 saturated carbocycles. The molecular formula is C14H10O3. The van der Waals surface area contributed by atoms with Gasteiger partial charge in [0.1, 0.15) is 11.5 Å². The van der Waals surface area contributed by atoms with E-state index in [0.29, 0.717) is 17.5 Å². The zero-order valence-corrected chi connectivity index (χ0v) is 8.97. The Morgan fingerprint density at radius 3 is 2.47 bits per heavy atom. The molecule has 0 fully saturated rings. The highest BCUT2D eigenvalue weighted by atomic mass is 16.3.